The van der Waals surface area contributed by atoms with Gasteiger partial charge in [0.25, 0.3) is 0 Å². The number of fused-ring (bicyclic) bond motifs is 2. The van der Waals surface area contributed by atoms with Crippen LogP contribution in [0.2, 0.25) is 0 Å². The maximum atomic E-state index is 12.5. The second-order valence-corrected chi connectivity index (χ2v) is 7.07. The molecule has 1 N–H and O–H groups in total. The van der Waals surface area contributed by atoms with E-state index in [1.165, 1.54) is 0 Å². The van der Waals surface area contributed by atoms with E-state index < -0.39 is 14.8 Å². The summed E-state index contributed by atoms with van der Waals surface area (Å²) in [6, 6.07) is 7.61. The number of likely N-dealkylation sites (tertiary alicyclic amines) is 1. The normalized spacial score (nSPS) is 22.6. The molecule has 3 rings (SSSR count). The molecule has 0 saturated carbocycles. The quantitative estimate of drug-likeness (QED) is 0.867. The van der Waals surface area contributed by atoms with Gasteiger partial charge in [-0.15, -0.1) is 0 Å². The number of para-hydroxylation sites is 1. The van der Waals surface area contributed by atoms with E-state index >= 15 is 0 Å². The first kappa shape index (κ1) is 15.3. The van der Waals surface area contributed by atoms with Crippen LogP contribution in [-0.2, 0) is 14.8 Å². The van der Waals surface area contributed by atoms with Crippen LogP contribution in [0.1, 0.15) is 40.6 Å². The molecule has 0 amide bonds. The highest BCUT2D eigenvalue weighted by Crippen LogP contribution is 2.48. The minimum Gasteiger partial charge on any atom is -0.303 e. The Hall–Kier alpha value is -1.07. The van der Waals surface area contributed by atoms with Crippen LogP contribution >= 0.6 is 0 Å². The molecular formula is C15H26N2O2S. The molecule has 1 fully saturated rings. The zero-order valence-corrected chi connectivity index (χ0v) is 13.3. The molecule has 114 valence electrons. The van der Waals surface area contributed by atoms with Crippen molar-refractivity contribution in [2.45, 2.75) is 38.4 Å². The van der Waals surface area contributed by atoms with Gasteiger partial charge >= 0.3 is 0 Å². The second kappa shape index (κ2) is 5.74. The molecule has 1 aromatic carbocycles. The Bertz CT molecular complexity index is 567. The number of anilines is 1. The van der Waals surface area contributed by atoms with Crippen molar-refractivity contribution in [1.82, 2.24) is 4.90 Å². The summed E-state index contributed by atoms with van der Waals surface area (Å²) in [5.41, 5.74) is 1.73. The van der Waals surface area contributed by atoms with Crippen LogP contribution in [0.5, 0.6) is 0 Å². The van der Waals surface area contributed by atoms with Gasteiger partial charge in [0, 0.05) is 14.5 Å². The van der Waals surface area contributed by atoms with Gasteiger partial charge in [-0.25, -0.2) is 8.42 Å². The molecule has 0 aliphatic carbocycles. The molecule has 1 saturated heterocycles. The molecule has 4 nitrogen and oxygen atoms in total. The minimum absolute atomic E-state index is 0. The smallest absolute Gasteiger partial charge is 0.242 e. The molecule has 5 heteroatoms. The van der Waals surface area contributed by atoms with Gasteiger partial charge in [0.2, 0.25) is 10.0 Å². The fourth-order valence-corrected chi connectivity index (χ4v) is 4.98. The van der Waals surface area contributed by atoms with Crippen molar-refractivity contribution in [3.8, 4) is 0 Å². The molecule has 0 unspecified atom stereocenters. The number of sulfonamides is 1. The van der Waals surface area contributed by atoms with Gasteiger partial charge in [-0.05, 0) is 31.0 Å². The Morgan fingerprint density at radius 2 is 1.85 bits per heavy atom. The highest BCUT2D eigenvalue weighted by atomic mass is 32.2. The lowest BCUT2D eigenvalue weighted by atomic mass is 9.87. The van der Waals surface area contributed by atoms with Crippen molar-refractivity contribution in [2.24, 2.45) is 0 Å². The topological polar surface area (TPSA) is 49.4 Å². The van der Waals surface area contributed by atoms with E-state index in [-0.39, 0.29) is 1.43 Å². The first-order chi connectivity index (χ1) is 9.59. The van der Waals surface area contributed by atoms with Crippen molar-refractivity contribution in [3.05, 3.63) is 29.8 Å². The van der Waals surface area contributed by atoms with Crippen molar-refractivity contribution < 1.29 is 9.84 Å². The fourth-order valence-electron chi connectivity index (χ4n) is 3.13. The van der Waals surface area contributed by atoms with Gasteiger partial charge < -0.3 is 4.90 Å². The maximum absolute atomic E-state index is 12.5. The van der Waals surface area contributed by atoms with Crippen LogP contribution in [0.3, 0.4) is 0 Å². The molecule has 0 atom stereocenters. The lowest BCUT2D eigenvalue weighted by molar-refractivity contribution is 0.206. The van der Waals surface area contributed by atoms with Gasteiger partial charge in [-0.2, -0.15) is 0 Å². The molecule has 2 heterocycles. The highest BCUT2D eigenvalue weighted by Gasteiger charge is 2.52. The van der Waals surface area contributed by atoms with E-state index in [1.54, 1.807) is 0 Å². The summed E-state index contributed by atoms with van der Waals surface area (Å²) < 4.78 is 26.9. The van der Waals surface area contributed by atoms with Crippen LogP contribution in [0.25, 0.3) is 0 Å². The summed E-state index contributed by atoms with van der Waals surface area (Å²) in [6.07, 6.45) is 1.38. The number of nitrogens with one attached hydrogen (secondary N) is 1. The average Bonchev–Trinajstić information content (AvgIpc) is 2.70. The van der Waals surface area contributed by atoms with Crippen LogP contribution in [0, 0.1) is 0 Å². The molecule has 0 aromatic heterocycles. The summed E-state index contributed by atoms with van der Waals surface area (Å²) in [4.78, 5) is 2.31. The third-order valence-corrected chi connectivity index (χ3v) is 6.43. The van der Waals surface area contributed by atoms with Gasteiger partial charge in [-0.3, -0.25) is 4.72 Å². The molecule has 0 bridgehead atoms. The number of piperidine rings is 1. The summed E-state index contributed by atoms with van der Waals surface area (Å²) in [5.74, 6) is 0. The summed E-state index contributed by atoms with van der Waals surface area (Å²) in [6.45, 7) is 8.82. The van der Waals surface area contributed by atoms with Gasteiger partial charge in [0.1, 0.15) is 4.75 Å². The van der Waals surface area contributed by atoms with Gasteiger partial charge in [0.15, 0.2) is 0 Å². The summed E-state index contributed by atoms with van der Waals surface area (Å²) >= 11 is 0. The summed E-state index contributed by atoms with van der Waals surface area (Å²) in [5, 5.41) is 0. The predicted molar refractivity (Wildman–Crippen MR) is 85.5 cm³/mol. The van der Waals surface area contributed by atoms with Crippen LogP contribution in [0.4, 0.5) is 5.69 Å². The van der Waals surface area contributed by atoms with E-state index in [1.807, 2.05) is 38.1 Å². The average molecular weight is 298 g/mol. The van der Waals surface area contributed by atoms with Crippen LogP contribution < -0.4 is 4.72 Å². The van der Waals surface area contributed by atoms with Crippen molar-refractivity contribution in [2.75, 3.05) is 24.4 Å². The first-order valence-electron chi connectivity index (χ1n) is 7.43. The Balaban J connectivity index is 0.000000706. The predicted octanol–water partition coefficient (Wildman–Crippen LogP) is 3.03. The van der Waals surface area contributed by atoms with Crippen molar-refractivity contribution >= 4 is 15.7 Å². The number of benzene rings is 1. The van der Waals surface area contributed by atoms with Crippen LogP contribution in [0.15, 0.2) is 24.3 Å². The van der Waals surface area contributed by atoms with E-state index in [0.29, 0.717) is 12.8 Å². The van der Waals surface area contributed by atoms with Crippen molar-refractivity contribution in [1.29, 1.82) is 0 Å². The number of nitrogens with zero attached hydrogens (tertiary/aromatic N) is 1. The zero-order chi connectivity index (χ0) is 14.8. The molecule has 0 radical (unpaired) electrons. The van der Waals surface area contributed by atoms with E-state index in [0.717, 1.165) is 30.9 Å². The molecular weight excluding hydrogens is 272 g/mol. The maximum Gasteiger partial charge on any atom is 0.242 e. The molecule has 1 spiro atoms. The molecule has 2 aliphatic rings. The van der Waals surface area contributed by atoms with Gasteiger partial charge in [0.05, 0.1) is 5.69 Å². The molecule has 1 aromatic rings. The third kappa shape index (κ3) is 2.23. The van der Waals surface area contributed by atoms with Gasteiger partial charge in [-0.1, -0.05) is 39.0 Å². The fraction of sp³-hybridized carbons (Fsp3) is 0.600. The number of rotatable bonds is 1. The first-order valence-corrected chi connectivity index (χ1v) is 8.91. The molecule has 20 heavy (non-hydrogen) atoms. The highest BCUT2D eigenvalue weighted by molar-refractivity contribution is 7.94. The SMILES string of the molecule is CC.CCN1CCC2(CC1)c1ccccc1NS2(=O)=O.[HH]. The van der Waals surface area contributed by atoms with E-state index in [4.69, 9.17) is 0 Å². The van der Waals surface area contributed by atoms with Crippen molar-refractivity contribution in [3.63, 3.8) is 0 Å². The lowest BCUT2D eigenvalue weighted by Crippen LogP contribution is -2.46. The van der Waals surface area contributed by atoms with E-state index in [9.17, 15) is 8.42 Å². The lowest BCUT2D eigenvalue weighted by Gasteiger charge is -2.37. The van der Waals surface area contributed by atoms with E-state index in [2.05, 4.69) is 16.5 Å². The molecule has 2 aliphatic heterocycles. The summed E-state index contributed by atoms with van der Waals surface area (Å²) in [7, 11) is -3.28. The Labute approximate surface area is 123 Å². The number of hydrogen-bond donors (Lipinski definition) is 1. The Kier molecular flexibility index (Phi) is 4.39. The minimum atomic E-state index is -3.28. The largest absolute Gasteiger partial charge is 0.303 e. The number of hydrogen-bond acceptors (Lipinski definition) is 3. The second-order valence-electron chi connectivity index (χ2n) is 5.08. The zero-order valence-electron chi connectivity index (χ0n) is 12.5. The van der Waals surface area contributed by atoms with Crippen LogP contribution in [-0.4, -0.2) is 33.0 Å². The Morgan fingerprint density at radius 3 is 2.45 bits per heavy atom. The standard InChI is InChI=1S/C13H18N2O2S.C2H6.H2/c1-2-15-9-7-13(8-10-15)11-5-3-4-6-12(11)14-18(13,16)17;1-2;/h3-6,14H,2,7-10H2,1H3;1-2H3;1H. The monoisotopic (exact) mass is 298 g/mol. The third-order valence-electron chi connectivity index (χ3n) is 4.29. The Morgan fingerprint density at radius 1 is 1.25 bits per heavy atom.